The molecule has 0 saturated carbocycles. The lowest BCUT2D eigenvalue weighted by atomic mass is 10.1. The van der Waals surface area contributed by atoms with Crippen LogP contribution in [0.5, 0.6) is 0 Å². The van der Waals surface area contributed by atoms with E-state index in [-0.39, 0.29) is 0 Å². The first-order valence-electron chi connectivity index (χ1n) is 6.39. The van der Waals surface area contributed by atoms with Crippen LogP contribution in [0.15, 0.2) is 42.5 Å². The summed E-state index contributed by atoms with van der Waals surface area (Å²) in [7, 11) is 0. The number of rotatable bonds is 2. The maximum absolute atomic E-state index is 8.80. The Morgan fingerprint density at radius 3 is 2.68 bits per heavy atom. The van der Waals surface area contributed by atoms with Crippen LogP contribution < -0.4 is 10.6 Å². The topological polar surface area (TPSA) is 53.0 Å². The van der Waals surface area contributed by atoms with E-state index in [1.54, 1.807) is 0 Å². The number of nitriles is 1. The van der Waals surface area contributed by atoms with Crippen molar-refractivity contribution in [1.82, 2.24) is 0 Å². The molecule has 3 heteroatoms. The molecule has 0 atom stereocenters. The molecular weight excluding hydrogens is 234 g/mol. The minimum absolute atomic E-state index is 0.704. The Morgan fingerprint density at radius 1 is 1.16 bits per heavy atom. The normalized spacial score (nSPS) is 13.1. The summed E-state index contributed by atoms with van der Waals surface area (Å²) in [5.41, 5.74) is 11.3. The van der Waals surface area contributed by atoms with Crippen molar-refractivity contribution >= 4 is 11.4 Å². The Hall–Kier alpha value is -2.47. The highest BCUT2D eigenvalue weighted by Crippen LogP contribution is 2.32. The number of nitrogens with two attached hydrogens (primary N) is 1. The van der Waals surface area contributed by atoms with Gasteiger partial charge < -0.3 is 10.6 Å². The van der Waals surface area contributed by atoms with Crippen molar-refractivity contribution in [3.63, 3.8) is 0 Å². The van der Waals surface area contributed by atoms with E-state index < -0.39 is 0 Å². The van der Waals surface area contributed by atoms with Crippen LogP contribution in [-0.4, -0.2) is 6.54 Å². The fourth-order valence-corrected chi connectivity index (χ4v) is 2.60. The maximum atomic E-state index is 8.80. The molecule has 0 spiro atoms. The van der Waals surface area contributed by atoms with Crippen molar-refractivity contribution in [2.75, 3.05) is 17.2 Å². The molecule has 19 heavy (non-hydrogen) atoms. The van der Waals surface area contributed by atoms with Crippen molar-refractivity contribution in [3.05, 3.63) is 59.2 Å². The van der Waals surface area contributed by atoms with Crippen LogP contribution in [0.4, 0.5) is 11.4 Å². The van der Waals surface area contributed by atoms with Crippen molar-refractivity contribution in [2.45, 2.75) is 13.0 Å². The second kappa shape index (κ2) is 4.66. The third-order valence-corrected chi connectivity index (χ3v) is 3.62. The molecule has 0 aliphatic carbocycles. The van der Waals surface area contributed by atoms with Gasteiger partial charge in [0.1, 0.15) is 0 Å². The summed E-state index contributed by atoms with van der Waals surface area (Å²) >= 11 is 0. The molecule has 0 aromatic heterocycles. The fourth-order valence-electron chi connectivity index (χ4n) is 2.60. The van der Waals surface area contributed by atoms with E-state index in [0.29, 0.717) is 5.56 Å². The molecule has 3 nitrogen and oxygen atoms in total. The van der Waals surface area contributed by atoms with Crippen molar-refractivity contribution < 1.29 is 0 Å². The van der Waals surface area contributed by atoms with E-state index >= 15 is 0 Å². The molecule has 0 unspecified atom stereocenters. The first kappa shape index (κ1) is 11.6. The van der Waals surface area contributed by atoms with Crippen LogP contribution in [0.25, 0.3) is 0 Å². The third-order valence-electron chi connectivity index (χ3n) is 3.62. The average Bonchev–Trinajstić information content (AvgIpc) is 2.84. The average molecular weight is 249 g/mol. The summed E-state index contributed by atoms with van der Waals surface area (Å²) in [6.45, 7) is 1.87. The minimum atomic E-state index is 0.704. The van der Waals surface area contributed by atoms with Gasteiger partial charge in [0.25, 0.3) is 0 Å². The van der Waals surface area contributed by atoms with Crippen LogP contribution in [0.1, 0.15) is 16.7 Å². The summed E-state index contributed by atoms with van der Waals surface area (Å²) in [5, 5.41) is 8.80. The zero-order valence-corrected chi connectivity index (χ0v) is 10.6. The number of benzene rings is 2. The lowest BCUT2D eigenvalue weighted by Gasteiger charge is -2.19. The summed E-state index contributed by atoms with van der Waals surface area (Å²) in [5.74, 6) is 0. The second-order valence-electron chi connectivity index (χ2n) is 4.83. The lowest BCUT2D eigenvalue weighted by molar-refractivity contribution is 0.836. The van der Waals surface area contributed by atoms with Crippen molar-refractivity contribution in [3.8, 4) is 6.07 Å². The molecule has 0 amide bonds. The van der Waals surface area contributed by atoms with Gasteiger partial charge in [0.05, 0.1) is 11.6 Å². The summed E-state index contributed by atoms with van der Waals surface area (Å²) < 4.78 is 0. The van der Waals surface area contributed by atoms with Crippen LogP contribution in [0.2, 0.25) is 0 Å². The quantitative estimate of drug-likeness (QED) is 0.832. The largest absolute Gasteiger partial charge is 0.398 e. The number of hydrogen-bond acceptors (Lipinski definition) is 3. The molecule has 0 saturated heterocycles. The van der Waals surface area contributed by atoms with Crippen LogP contribution in [0, 0.1) is 11.3 Å². The number of nitrogen functional groups attached to an aromatic ring is 1. The number of anilines is 2. The summed E-state index contributed by atoms with van der Waals surface area (Å²) in [4.78, 5) is 2.34. The van der Waals surface area contributed by atoms with E-state index in [4.69, 9.17) is 11.0 Å². The van der Waals surface area contributed by atoms with Gasteiger partial charge in [-0.3, -0.25) is 0 Å². The predicted molar refractivity (Wildman–Crippen MR) is 76.8 cm³/mol. The van der Waals surface area contributed by atoms with Crippen LogP contribution >= 0.6 is 0 Å². The lowest BCUT2D eigenvalue weighted by Crippen LogP contribution is -2.19. The SMILES string of the molecule is N#Cc1ccc(CN2CCc3c(N)cccc32)cc1. The molecule has 1 aliphatic rings. The highest BCUT2D eigenvalue weighted by molar-refractivity contribution is 5.68. The predicted octanol–water partition coefficient (Wildman–Crippen LogP) is 2.70. The van der Waals surface area contributed by atoms with Crippen LogP contribution in [-0.2, 0) is 13.0 Å². The van der Waals surface area contributed by atoms with Gasteiger partial charge in [0.2, 0.25) is 0 Å². The smallest absolute Gasteiger partial charge is 0.0991 e. The summed E-state index contributed by atoms with van der Waals surface area (Å²) in [6, 6.07) is 16.0. The Labute approximate surface area is 112 Å². The van der Waals surface area contributed by atoms with E-state index in [1.807, 2.05) is 36.4 Å². The highest BCUT2D eigenvalue weighted by Gasteiger charge is 2.20. The number of nitrogens with zero attached hydrogens (tertiary/aromatic N) is 2. The Bertz CT molecular complexity index is 638. The molecule has 0 radical (unpaired) electrons. The van der Waals surface area contributed by atoms with Gasteiger partial charge in [-0.15, -0.1) is 0 Å². The van der Waals surface area contributed by atoms with Gasteiger partial charge in [-0.25, -0.2) is 0 Å². The Balaban J connectivity index is 1.83. The van der Waals surface area contributed by atoms with Crippen molar-refractivity contribution in [1.29, 1.82) is 5.26 Å². The Morgan fingerprint density at radius 2 is 1.95 bits per heavy atom. The number of fused-ring (bicyclic) bond motifs is 1. The zero-order chi connectivity index (χ0) is 13.2. The molecule has 2 aromatic carbocycles. The second-order valence-corrected chi connectivity index (χ2v) is 4.83. The van der Waals surface area contributed by atoms with Gasteiger partial charge in [-0.2, -0.15) is 5.26 Å². The van der Waals surface area contributed by atoms with E-state index in [2.05, 4.69) is 17.0 Å². The molecule has 1 heterocycles. The van der Waals surface area contributed by atoms with Gasteiger partial charge in [-0.1, -0.05) is 18.2 Å². The first-order valence-corrected chi connectivity index (χ1v) is 6.39. The van der Waals surface area contributed by atoms with Gasteiger partial charge >= 0.3 is 0 Å². The molecule has 94 valence electrons. The Kier molecular flexibility index (Phi) is 2.85. The monoisotopic (exact) mass is 249 g/mol. The molecule has 2 aromatic rings. The van der Waals surface area contributed by atoms with E-state index in [1.165, 1.54) is 16.8 Å². The third kappa shape index (κ3) is 2.13. The zero-order valence-electron chi connectivity index (χ0n) is 10.6. The van der Waals surface area contributed by atoms with Crippen LogP contribution in [0.3, 0.4) is 0 Å². The molecular formula is C16H15N3. The summed E-state index contributed by atoms with van der Waals surface area (Å²) in [6.07, 6.45) is 1.01. The molecule has 2 N–H and O–H groups in total. The highest BCUT2D eigenvalue weighted by atomic mass is 15.1. The maximum Gasteiger partial charge on any atom is 0.0991 e. The molecule has 3 rings (SSSR count). The first-order chi connectivity index (χ1) is 9.28. The molecule has 1 aliphatic heterocycles. The molecule has 0 fully saturated rings. The van der Waals surface area contributed by atoms with Crippen molar-refractivity contribution in [2.24, 2.45) is 0 Å². The van der Waals surface area contributed by atoms with E-state index in [0.717, 1.165) is 25.2 Å². The number of hydrogen-bond donors (Lipinski definition) is 1. The minimum Gasteiger partial charge on any atom is -0.398 e. The fraction of sp³-hybridized carbons (Fsp3) is 0.188. The van der Waals surface area contributed by atoms with Gasteiger partial charge in [-0.05, 0) is 36.2 Å². The standard InChI is InChI=1S/C16H15N3/c17-10-12-4-6-13(7-5-12)11-19-9-8-14-15(18)2-1-3-16(14)19/h1-7H,8-9,11,18H2. The molecule has 0 bridgehead atoms. The van der Waals surface area contributed by atoms with Gasteiger partial charge in [0.15, 0.2) is 0 Å². The van der Waals surface area contributed by atoms with E-state index in [9.17, 15) is 0 Å². The van der Waals surface area contributed by atoms with Gasteiger partial charge in [0, 0.05) is 30.0 Å².